The number of benzene rings is 1. The van der Waals surface area contributed by atoms with Crippen molar-refractivity contribution in [3.05, 3.63) is 29.8 Å². The average Bonchev–Trinajstić information content (AvgIpc) is 2.43. The molecule has 0 aliphatic carbocycles. The lowest BCUT2D eigenvalue weighted by Crippen LogP contribution is -2.41. The Hall–Kier alpha value is -2.06. The monoisotopic (exact) mass is 275 g/mol. The Balaban J connectivity index is 2.58. The number of nitriles is 1. The van der Waals surface area contributed by atoms with Crippen molar-refractivity contribution >= 4 is 5.91 Å². The first kappa shape index (κ1) is 16.0. The predicted octanol–water partition coefficient (Wildman–Crippen LogP) is 1.75. The van der Waals surface area contributed by atoms with Gasteiger partial charge in [-0.15, -0.1) is 0 Å². The molecule has 1 amide bonds. The molecule has 5 heteroatoms. The maximum atomic E-state index is 11.3. The van der Waals surface area contributed by atoms with Gasteiger partial charge in [-0.3, -0.25) is 4.79 Å². The molecule has 3 N–H and O–H groups in total. The maximum absolute atomic E-state index is 11.3. The molecule has 20 heavy (non-hydrogen) atoms. The Morgan fingerprint density at radius 1 is 1.45 bits per heavy atom. The van der Waals surface area contributed by atoms with Gasteiger partial charge in [-0.2, -0.15) is 5.26 Å². The first-order chi connectivity index (χ1) is 9.36. The zero-order valence-electron chi connectivity index (χ0n) is 12.1. The highest BCUT2D eigenvalue weighted by Gasteiger charge is 2.25. The second-order valence-electron chi connectivity index (χ2n) is 5.37. The molecule has 0 heterocycles. The molecule has 0 fully saturated rings. The highest BCUT2D eigenvalue weighted by atomic mass is 16.5. The van der Waals surface area contributed by atoms with Crippen LogP contribution in [0.15, 0.2) is 24.3 Å². The summed E-state index contributed by atoms with van der Waals surface area (Å²) in [5.74, 6) is 0.345. The third kappa shape index (κ3) is 4.56. The topological polar surface area (TPSA) is 88.1 Å². The summed E-state index contributed by atoms with van der Waals surface area (Å²) in [4.78, 5) is 11.3. The van der Waals surface area contributed by atoms with E-state index in [1.165, 1.54) is 0 Å². The molecule has 0 aromatic heterocycles. The molecule has 0 saturated carbocycles. The van der Waals surface area contributed by atoms with E-state index in [2.05, 4.69) is 5.32 Å². The zero-order chi connectivity index (χ0) is 15.2. The average molecular weight is 275 g/mol. The van der Waals surface area contributed by atoms with Crippen LogP contribution in [0.2, 0.25) is 0 Å². The van der Waals surface area contributed by atoms with Crippen molar-refractivity contribution in [2.75, 3.05) is 13.2 Å². The van der Waals surface area contributed by atoms with Gasteiger partial charge in [-0.25, -0.2) is 0 Å². The molecule has 108 valence electrons. The number of amides is 1. The van der Waals surface area contributed by atoms with Gasteiger partial charge >= 0.3 is 0 Å². The fraction of sp³-hybridized carbons (Fsp3) is 0.467. The Kier molecular flexibility index (Phi) is 5.53. The molecule has 0 bridgehead atoms. The summed E-state index contributed by atoms with van der Waals surface area (Å²) < 4.78 is 5.19. The summed E-state index contributed by atoms with van der Waals surface area (Å²) in [5.41, 5.74) is 5.84. The third-order valence-corrected chi connectivity index (χ3v) is 3.20. The Morgan fingerprint density at radius 2 is 2.05 bits per heavy atom. The van der Waals surface area contributed by atoms with Crippen molar-refractivity contribution < 1.29 is 9.53 Å². The first-order valence-electron chi connectivity index (χ1n) is 6.50. The van der Waals surface area contributed by atoms with Crippen LogP contribution in [0.3, 0.4) is 0 Å². The minimum Gasteiger partial charge on any atom is -0.479 e. The Bertz CT molecular complexity index is 489. The Morgan fingerprint density at radius 3 is 2.55 bits per heavy atom. The molecule has 0 radical (unpaired) electrons. The smallest absolute Gasteiger partial charge is 0.224 e. The minimum absolute atomic E-state index is 0.0416. The summed E-state index contributed by atoms with van der Waals surface area (Å²) in [7, 11) is 0. The van der Waals surface area contributed by atoms with Gasteiger partial charge in [0, 0.05) is 12.6 Å². The number of nitrogens with zero attached hydrogens (tertiary/aromatic N) is 1. The largest absolute Gasteiger partial charge is 0.479 e. The van der Waals surface area contributed by atoms with Crippen molar-refractivity contribution in [1.29, 1.82) is 5.26 Å². The van der Waals surface area contributed by atoms with Gasteiger partial charge in [0.25, 0.3) is 0 Å². The number of primary amides is 1. The summed E-state index contributed by atoms with van der Waals surface area (Å²) in [6.45, 7) is 6.19. The van der Waals surface area contributed by atoms with E-state index >= 15 is 0 Å². The molecule has 1 unspecified atom stereocenters. The number of hydrogen-bond donors (Lipinski definition) is 2. The second kappa shape index (κ2) is 6.92. The fourth-order valence-electron chi connectivity index (χ4n) is 1.58. The first-order valence-corrected chi connectivity index (χ1v) is 6.50. The molecule has 1 aromatic rings. The van der Waals surface area contributed by atoms with Crippen LogP contribution in [0.1, 0.15) is 32.4 Å². The van der Waals surface area contributed by atoms with Crippen LogP contribution in [-0.4, -0.2) is 19.1 Å². The van der Waals surface area contributed by atoms with Crippen molar-refractivity contribution in [3.63, 3.8) is 0 Å². The van der Waals surface area contributed by atoms with Crippen LogP contribution in [0, 0.1) is 16.7 Å². The molecular formula is C15H21N3O2. The molecule has 0 spiro atoms. The predicted molar refractivity (Wildman–Crippen MR) is 76.9 cm³/mol. The zero-order valence-corrected chi connectivity index (χ0v) is 12.1. The van der Waals surface area contributed by atoms with Crippen molar-refractivity contribution in [2.24, 2.45) is 11.1 Å². The number of rotatable bonds is 7. The molecule has 5 nitrogen and oxygen atoms in total. The highest BCUT2D eigenvalue weighted by molar-refractivity contribution is 5.80. The van der Waals surface area contributed by atoms with E-state index in [0.717, 1.165) is 5.56 Å². The lowest BCUT2D eigenvalue weighted by molar-refractivity contribution is -0.125. The van der Waals surface area contributed by atoms with Crippen molar-refractivity contribution in [1.82, 2.24) is 5.32 Å². The standard InChI is InChI=1S/C15H21N3O2/c1-11(18-10-15(2,3)14(17)19)12-4-6-13(7-5-12)20-9-8-16/h4-7,11,18H,9-10H2,1-3H3,(H2,17,19). The lowest BCUT2D eigenvalue weighted by atomic mass is 9.92. The van der Waals surface area contributed by atoms with E-state index in [-0.39, 0.29) is 18.6 Å². The summed E-state index contributed by atoms with van der Waals surface area (Å²) in [5, 5.41) is 11.7. The van der Waals surface area contributed by atoms with Gasteiger partial charge in [0.2, 0.25) is 5.91 Å². The van der Waals surface area contributed by atoms with E-state index in [9.17, 15) is 4.79 Å². The Labute approximate surface area is 119 Å². The van der Waals surface area contributed by atoms with Crippen LogP contribution >= 0.6 is 0 Å². The lowest BCUT2D eigenvalue weighted by Gasteiger charge is -2.24. The summed E-state index contributed by atoms with van der Waals surface area (Å²) in [6.07, 6.45) is 0. The normalized spacial score (nSPS) is 12.5. The molecule has 0 aliphatic heterocycles. The van der Waals surface area contributed by atoms with E-state index in [4.69, 9.17) is 15.7 Å². The van der Waals surface area contributed by atoms with Gasteiger partial charge < -0.3 is 15.8 Å². The van der Waals surface area contributed by atoms with Gasteiger partial charge in [0.15, 0.2) is 6.61 Å². The third-order valence-electron chi connectivity index (χ3n) is 3.20. The van der Waals surface area contributed by atoms with Gasteiger partial charge in [-0.1, -0.05) is 12.1 Å². The molecule has 1 rings (SSSR count). The van der Waals surface area contributed by atoms with E-state index < -0.39 is 5.41 Å². The molecule has 0 saturated heterocycles. The number of hydrogen-bond acceptors (Lipinski definition) is 4. The fourth-order valence-corrected chi connectivity index (χ4v) is 1.58. The van der Waals surface area contributed by atoms with Crippen LogP contribution in [0.25, 0.3) is 0 Å². The molecular weight excluding hydrogens is 254 g/mol. The quantitative estimate of drug-likeness (QED) is 0.793. The van der Waals surface area contributed by atoms with Crippen LogP contribution in [0.5, 0.6) is 5.75 Å². The SMILES string of the molecule is CC(NCC(C)(C)C(N)=O)c1ccc(OCC#N)cc1. The second-order valence-corrected chi connectivity index (χ2v) is 5.37. The van der Waals surface area contributed by atoms with Crippen molar-refractivity contribution in [3.8, 4) is 11.8 Å². The van der Waals surface area contributed by atoms with Gasteiger partial charge in [-0.05, 0) is 38.5 Å². The number of carbonyl (C=O) groups is 1. The van der Waals surface area contributed by atoms with Crippen LogP contribution in [-0.2, 0) is 4.79 Å². The number of carbonyl (C=O) groups excluding carboxylic acids is 1. The summed E-state index contributed by atoms with van der Waals surface area (Å²) >= 11 is 0. The van der Waals surface area contributed by atoms with E-state index in [1.54, 1.807) is 0 Å². The molecule has 1 atom stereocenters. The van der Waals surface area contributed by atoms with Crippen LogP contribution < -0.4 is 15.8 Å². The van der Waals surface area contributed by atoms with E-state index in [0.29, 0.717) is 12.3 Å². The summed E-state index contributed by atoms with van der Waals surface area (Å²) in [6, 6.07) is 9.53. The van der Waals surface area contributed by atoms with Gasteiger partial charge in [0.1, 0.15) is 11.8 Å². The van der Waals surface area contributed by atoms with Crippen molar-refractivity contribution in [2.45, 2.75) is 26.8 Å². The van der Waals surface area contributed by atoms with Crippen LogP contribution in [0.4, 0.5) is 0 Å². The number of ether oxygens (including phenoxy) is 1. The highest BCUT2D eigenvalue weighted by Crippen LogP contribution is 2.19. The number of nitrogens with one attached hydrogen (secondary N) is 1. The maximum Gasteiger partial charge on any atom is 0.224 e. The molecule has 0 aliphatic rings. The number of nitrogens with two attached hydrogens (primary N) is 1. The van der Waals surface area contributed by atoms with Gasteiger partial charge in [0.05, 0.1) is 5.41 Å². The molecule has 1 aromatic carbocycles. The minimum atomic E-state index is -0.579. The van der Waals surface area contributed by atoms with E-state index in [1.807, 2.05) is 51.1 Å².